The molecule has 51 heavy (non-hydrogen) atoms. The minimum atomic E-state index is -4.62. The molecular formula is C35H36F4N6O6. The lowest BCUT2D eigenvalue weighted by molar-refractivity contribution is -0.167. The Hall–Kier alpha value is -5.64. The van der Waals surface area contributed by atoms with E-state index in [1.807, 2.05) is 6.79 Å². The Labute approximate surface area is 290 Å². The quantitative estimate of drug-likeness (QED) is 0.154. The molecule has 2 aromatic carbocycles. The van der Waals surface area contributed by atoms with Gasteiger partial charge in [0.2, 0.25) is 0 Å². The van der Waals surface area contributed by atoms with Crippen molar-refractivity contribution in [1.82, 2.24) is 15.3 Å². The highest BCUT2D eigenvalue weighted by Gasteiger charge is 2.45. The fourth-order valence-corrected chi connectivity index (χ4v) is 5.74. The molecule has 3 heterocycles. The molecule has 0 spiro atoms. The predicted octanol–water partition coefficient (Wildman–Crippen LogP) is 4.86. The van der Waals surface area contributed by atoms with Crippen LogP contribution in [0.3, 0.4) is 0 Å². The molecule has 16 heteroatoms. The predicted molar refractivity (Wildman–Crippen MR) is 181 cm³/mol. The number of alkyl halides is 3. The number of benzene rings is 2. The lowest BCUT2D eigenvalue weighted by Gasteiger charge is -2.38. The number of carbonyl (C=O) groups is 4. The maximum Gasteiger partial charge on any atom is 0.411 e. The molecule has 5 rings (SSSR count). The van der Waals surface area contributed by atoms with E-state index in [0.29, 0.717) is 33.4 Å². The first kappa shape index (κ1) is 38.2. The van der Waals surface area contributed by atoms with Gasteiger partial charge in [0, 0.05) is 43.5 Å². The molecular weight excluding hydrogens is 676 g/mol. The zero-order chi connectivity index (χ0) is 37.3. The highest BCUT2D eigenvalue weighted by atomic mass is 19.4. The maximum atomic E-state index is 15.5. The Bertz CT molecular complexity index is 1870. The zero-order valence-electron chi connectivity index (χ0n) is 28.0. The first-order valence-electron chi connectivity index (χ1n) is 15.7. The number of hydrogen-bond acceptors (Lipinski definition) is 10. The van der Waals surface area contributed by atoms with Gasteiger partial charge in [-0.05, 0) is 55.3 Å². The highest BCUT2D eigenvalue weighted by Crippen LogP contribution is 2.33. The van der Waals surface area contributed by atoms with E-state index in [4.69, 9.17) is 14.3 Å². The van der Waals surface area contributed by atoms with Gasteiger partial charge in [-0.2, -0.15) is 13.2 Å². The number of rotatable bonds is 10. The number of nitrogens with one attached hydrogen (secondary N) is 3. The van der Waals surface area contributed by atoms with Crippen molar-refractivity contribution in [1.29, 1.82) is 0 Å². The normalized spacial score (nSPS) is 14.9. The first-order chi connectivity index (χ1) is 24.4. The number of fused-ring (bicyclic) bond motifs is 1. The maximum absolute atomic E-state index is 15.5. The molecule has 270 valence electrons. The number of aromatic nitrogens is 2. The summed E-state index contributed by atoms with van der Waals surface area (Å²) in [6.07, 6.45) is -0.149. The fourth-order valence-electron chi connectivity index (χ4n) is 5.74. The standard InChI is InChI=1S/C34H34F4N6O5.CH2O/c1-4-49-33(47)26(43-32(46)29-19(2)14-21(16-24(29)35)44-12-13-48-18-28(44)34(36,37)38)15-20-7-8-25(30-22(20)6-5-10-41-30)42-31(45)23-9-11-40-17-27(23)39-3;1-2/h5-11,14,16-17,26,28,39H,4,12-13,15,18H2,1-3H3,(H,42,45)(H,43,46);1H2/t26-,28+;/m0./s1. The summed E-state index contributed by atoms with van der Waals surface area (Å²) < 4.78 is 66.8. The molecule has 0 aliphatic carbocycles. The third-order valence-corrected chi connectivity index (χ3v) is 8.08. The number of carbonyl (C=O) groups excluding carboxylic acids is 4. The number of aryl methyl sites for hydroxylation is 1. The van der Waals surface area contributed by atoms with Crippen LogP contribution in [0.15, 0.2) is 61.1 Å². The monoisotopic (exact) mass is 712 g/mol. The molecule has 0 unspecified atom stereocenters. The van der Waals surface area contributed by atoms with E-state index in [2.05, 4.69) is 25.9 Å². The summed E-state index contributed by atoms with van der Waals surface area (Å²) in [5, 5.41) is 8.91. The molecule has 1 saturated heterocycles. The molecule has 2 aromatic heterocycles. The van der Waals surface area contributed by atoms with Crippen molar-refractivity contribution in [3.05, 3.63) is 89.1 Å². The summed E-state index contributed by atoms with van der Waals surface area (Å²) in [5.74, 6) is -3.18. The Morgan fingerprint density at radius 1 is 1.10 bits per heavy atom. The third kappa shape index (κ3) is 8.75. The van der Waals surface area contributed by atoms with E-state index in [1.165, 1.54) is 25.4 Å². The van der Waals surface area contributed by atoms with Crippen molar-refractivity contribution in [3.63, 3.8) is 0 Å². The molecule has 3 N–H and O–H groups in total. The highest BCUT2D eigenvalue weighted by molar-refractivity contribution is 6.11. The van der Waals surface area contributed by atoms with Crippen LogP contribution in [-0.4, -0.2) is 86.2 Å². The number of amides is 2. The number of morpholine rings is 1. The van der Waals surface area contributed by atoms with E-state index in [9.17, 15) is 27.6 Å². The summed E-state index contributed by atoms with van der Waals surface area (Å²) in [6.45, 7) is 4.30. The molecule has 12 nitrogen and oxygen atoms in total. The minimum Gasteiger partial charge on any atom is -0.464 e. The van der Waals surface area contributed by atoms with Gasteiger partial charge in [0.15, 0.2) is 0 Å². The molecule has 0 saturated carbocycles. The van der Waals surface area contributed by atoms with Crippen molar-refractivity contribution in [2.75, 3.05) is 48.9 Å². The van der Waals surface area contributed by atoms with E-state index in [-0.39, 0.29) is 37.4 Å². The van der Waals surface area contributed by atoms with Crippen LogP contribution in [0.5, 0.6) is 0 Å². The van der Waals surface area contributed by atoms with Crippen LogP contribution >= 0.6 is 0 Å². The number of ether oxygens (including phenoxy) is 2. The lowest BCUT2D eigenvalue weighted by atomic mass is 9.99. The molecule has 1 fully saturated rings. The molecule has 2 amide bonds. The van der Waals surface area contributed by atoms with Gasteiger partial charge in [-0.15, -0.1) is 0 Å². The van der Waals surface area contributed by atoms with E-state index in [0.717, 1.165) is 11.0 Å². The number of esters is 1. The summed E-state index contributed by atoms with van der Waals surface area (Å²) >= 11 is 0. The van der Waals surface area contributed by atoms with Crippen LogP contribution in [0.1, 0.15) is 38.8 Å². The molecule has 0 radical (unpaired) electrons. The van der Waals surface area contributed by atoms with Gasteiger partial charge >= 0.3 is 12.1 Å². The van der Waals surface area contributed by atoms with E-state index < -0.39 is 54.0 Å². The van der Waals surface area contributed by atoms with E-state index in [1.54, 1.807) is 50.5 Å². The SMILES string of the molecule is C=O.CCOC(=O)[C@H](Cc1ccc(NC(=O)c2ccncc2NC)c2ncccc12)NC(=O)c1c(C)cc(N2CCOC[C@@H]2C(F)(F)F)cc1F. The Morgan fingerprint density at radius 3 is 2.55 bits per heavy atom. The summed E-state index contributed by atoms with van der Waals surface area (Å²) in [6, 6.07) is 7.20. The van der Waals surface area contributed by atoms with Crippen molar-refractivity contribution >= 4 is 52.5 Å². The number of nitrogens with zero attached hydrogens (tertiary/aromatic N) is 3. The largest absolute Gasteiger partial charge is 0.464 e. The summed E-state index contributed by atoms with van der Waals surface area (Å²) in [7, 11) is 1.67. The molecule has 0 bridgehead atoms. The second-order valence-electron chi connectivity index (χ2n) is 11.2. The van der Waals surface area contributed by atoms with Crippen molar-refractivity contribution in [2.24, 2.45) is 0 Å². The Balaban J connectivity index is 0.00000286. The lowest BCUT2D eigenvalue weighted by Crippen LogP contribution is -2.53. The van der Waals surface area contributed by atoms with Crippen LogP contribution in [0.4, 0.5) is 34.6 Å². The van der Waals surface area contributed by atoms with Crippen LogP contribution in [0, 0.1) is 12.7 Å². The molecule has 1 aliphatic heterocycles. The van der Waals surface area contributed by atoms with Gasteiger partial charge in [0.25, 0.3) is 11.8 Å². The molecule has 1 aliphatic rings. The van der Waals surface area contributed by atoms with Crippen LogP contribution in [0.2, 0.25) is 0 Å². The average Bonchev–Trinajstić information content (AvgIpc) is 3.12. The van der Waals surface area contributed by atoms with Gasteiger partial charge < -0.3 is 35.1 Å². The Morgan fingerprint density at radius 2 is 1.86 bits per heavy atom. The molecule has 4 aromatic rings. The summed E-state index contributed by atoms with van der Waals surface area (Å²) in [5.41, 5.74) is 1.87. The first-order valence-corrected chi connectivity index (χ1v) is 15.7. The molecule has 2 atom stereocenters. The smallest absolute Gasteiger partial charge is 0.411 e. The third-order valence-electron chi connectivity index (χ3n) is 8.08. The Kier molecular flexibility index (Phi) is 12.6. The zero-order valence-corrected chi connectivity index (χ0v) is 28.0. The van der Waals surface area contributed by atoms with Crippen LogP contribution in [-0.2, 0) is 25.5 Å². The van der Waals surface area contributed by atoms with Gasteiger partial charge in [-0.3, -0.25) is 19.6 Å². The minimum absolute atomic E-state index is 0.00406. The van der Waals surface area contributed by atoms with Gasteiger partial charge in [-0.25, -0.2) is 9.18 Å². The van der Waals surface area contributed by atoms with Gasteiger partial charge in [-0.1, -0.05) is 12.1 Å². The number of hydrogen-bond donors (Lipinski definition) is 3. The van der Waals surface area contributed by atoms with Crippen molar-refractivity contribution < 1.29 is 46.2 Å². The number of halogens is 4. The number of anilines is 3. The average molecular weight is 713 g/mol. The van der Waals surface area contributed by atoms with Crippen LogP contribution in [0.25, 0.3) is 10.9 Å². The summed E-state index contributed by atoms with van der Waals surface area (Å²) in [4.78, 5) is 57.2. The number of pyridine rings is 2. The second kappa shape index (κ2) is 16.8. The second-order valence-corrected chi connectivity index (χ2v) is 11.2. The fraction of sp³-hybridized carbons (Fsp3) is 0.314. The van der Waals surface area contributed by atoms with E-state index >= 15 is 4.39 Å². The topological polar surface area (TPSA) is 152 Å². The van der Waals surface area contributed by atoms with Gasteiger partial charge in [0.1, 0.15) is 24.7 Å². The van der Waals surface area contributed by atoms with Crippen molar-refractivity contribution in [2.45, 2.75) is 38.5 Å². The van der Waals surface area contributed by atoms with Crippen LogP contribution < -0.4 is 20.9 Å². The van der Waals surface area contributed by atoms with Gasteiger partial charge in [0.05, 0.1) is 54.0 Å². The van der Waals surface area contributed by atoms with Crippen molar-refractivity contribution in [3.8, 4) is 0 Å².